The van der Waals surface area contributed by atoms with Crippen molar-refractivity contribution < 1.29 is 9.18 Å². The molecule has 2 fully saturated rings. The van der Waals surface area contributed by atoms with Gasteiger partial charge in [0.1, 0.15) is 5.82 Å². The van der Waals surface area contributed by atoms with Crippen LogP contribution in [-0.4, -0.2) is 18.0 Å². The molecule has 20 heavy (non-hydrogen) atoms. The largest absolute Gasteiger partial charge is 0.354 e. The quantitative estimate of drug-likeness (QED) is 0.886. The molecule has 0 radical (unpaired) electrons. The van der Waals surface area contributed by atoms with Crippen molar-refractivity contribution in [1.82, 2.24) is 5.32 Å². The van der Waals surface area contributed by atoms with Crippen molar-refractivity contribution in [3.05, 3.63) is 35.6 Å². The van der Waals surface area contributed by atoms with Gasteiger partial charge in [-0.3, -0.25) is 4.79 Å². The topological polar surface area (TPSA) is 55.1 Å². The molecule has 1 amide bonds. The van der Waals surface area contributed by atoms with Crippen molar-refractivity contribution in [1.29, 1.82) is 0 Å². The van der Waals surface area contributed by atoms with Gasteiger partial charge in [0, 0.05) is 12.0 Å². The molecule has 0 aliphatic heterocycles. The van der Waals surface area contributed by atoms with Crippen molar-refractivity contribution >= 4 is 5.91 Å². The molecule has 1 aromatic rings. The highest BCUT2D eigenvalue weighted by atomic mass is 19.1. The second-order valence-electron chi connectivity index (χ2n) is 6.34. The number of carbonyl (C=O) groups is 1. The Bertz CT molecular complexity index is 519. The zero-order valence-electron chi connectivity index (χ0n) is 11.6. The van der Waals surface area contributed by atoms with Crippen molar-refractivity contribution in [2.75, 3.05) is 6.54 Å². The van der Waals surface area contributed by atoms with E-state index in [9.17, 15) is 9.18 Å². The van der Waals surface area contributed by atoms with E-state index < -0.39 is 5.54 Å². The number of halogens is 1. The molecule has 0 bridgehead atoms. The minimum atomic E-state index is -0.683. The third-order valence-corrected chi connectivity index (χ3v) is 4.83. The third kappa shape index (κ3) is 2.44. The second-order valence-corrected chi connectivity index (χ2v) is 6.34. The molecule has 0 unspecified atom stereocenters. The first-order chi connectivity index (χ1) is 9.54. The first kappa shape index (κ1) is 13.6. The van der Waals surface area contributed by atoms with E-state index in [1.165, 1.54) is 6.07 Å². The lowest BCUT2D eigenvalue weighted by atomic mass is 9.94. The van der Waals surface area contributed by atoms with Gasteiger partial charge in [-0.25, -0.2) is 4.39 Å². The molecule has 0 spiro atoms. The standard InChI is InChI=1S/C16H21FN2O/c17-13-5-3-4-12(10-13)15(8-9-15)11-19-14(20)16(18)6-1-2-7-16/h3-5,10H,1-2,6-9,11,18H2,(H,19,20). The minimum absolute atomic E-state index is 0.0438. The van der Waals surface area contributed by atoms with Crippen LogP contribution < -0.4 is 11.1 Å². The molecule has 3 nitrogen and oxygen atoms in total. The maximum Gasteiger partial charge on any atom is 0.240 e. The van der Waals surface area contributed by atoms with Crippen molar-refractivity contribution in [2.45, 2.75) is 49.5 Å². The SMILES string of the molecule is NC1(C(=O)NCC2(c3cccc(F)c3)CC2)CCCC1. The van der Waals surface area contributed by atoms with Crippen LogP contribution in [0.15, 0.2) is 24.3 Å². The summed E-state index contributed by atoms with van der Waals surface area (Å²) in [6, 6.07) is 6.70. The molecule has 2 aliphatic carbocycles. The van der Waals surface area contributed by atoms with Crippen LogP contribution in [0.1, 0.15) is 44.1 Å². The van der Waals surface area contributed by atoms with Crippen molar-refractivity contribution in [3.63, 3.8) is 0 Å². The fourth-order valence-electron chi connectivity index (χ4n) is 3.20. The van der Waals surface area contributed by atoms with Crippen LogP contribution in [-0.2, 0) is 10.2 Å². The highest BCUT2D eigenvalue weighted by Crippen LogP contribution is 2.47. The van der Waals surface area contributed by atoms with E-state index >= 15 is 0 Å². The summed E-state index contributed by atoms with van der Waals surface area (Å²) in [6.07, 6.45) is 5.58. The smallest absolute Gasteiger partial charge is 0.240 e. The zero-order valence-corrected chi connectivity index (χ0v) is 11.6. The van der Waals surface area contributed by atoms with Crippen molar-refractivity contribution in [2.24, 2.45) is 5.73 Å². The van der Waals surface area contributed by atoms with Gasteiger partial charge in [-0.1, -0.05) is 25.0 Å². The van der Waals surface area contributed by atoms with Gasteiger partial charge in [-0.05, 0) is 43.4 Å². The number of benzene rings is 1. The van der Waals surface area contributed by atoms with Crippen LogP contribution in [0.25, 0.3) is 0 Å². The molecule has 3 N–H and O–H groups in total. The van der Waals surface area contributed by atoms with E-state index in [4.69, 9.17) is 5.73 Å². The number of hydrogen-bond donors (Lipinski definition) is 2. The average molecular weight is 276 g/mol. The highest BCUT2D eigenvalue weighted by molar-refractivity contribution is 5.86. The molecular formula is C16H21FN2O. The van der Waals surface area contributed by atoms with Gasteiger partial charge in [0.2, 0.25) is 5.91 Å². The summed E-state index contributed by atoms with van der Waals surface area (Å²) in [4.78, 5) is 12.2. The van der Waals surface area contributed by atoms with Gasteiger partial charge < -0.3 is 11.1 Å². The molecular weight excluding hydrogens is 255 g/mol. The molecule has 1 aromatic carbocycles. The van der Waals surface area contributed by atoms with E-state index in [2.05, 4.69) is 5.32 Å². The normalized spacial score (nSPS) is 22.5. The van der Waals surface area contributed by atoms with E-state index in [0.717, 1.165) is 44.1 Å². The molecule has 0 aromatic heterocycles. The summed E-state index contributed by atoms with van der Waals surface area (Å²) in [5.74, 6) is -0.260. The zero-order chi connectivity index (χ0) is 14.2. The van der Waals surface area contributed by atoms with E-state index in [1.807, 2.05) is 6.07 Å². The third-order valence-electron chi connectivity index (χ3n) is 4.83. The fraction of sp³-hybridized carbons (Fsp3) is 0.562. The van der Waals surface area contributed by atoms with Gasteiger partial charge in [0.15, 0.2) is 0 Å². The van der Waals surface area contributed by atoms with Crippen LogP contribution in [0.2, 0.25) is 0 Å². The number of hydrogen-bond acceptors (Lipinski definition) is 2. The number of amides is 1. The first-order valence-electron chi connectivity index (χ1n) is 7.37. The monoisotopic (exact) mass is 276 g/mol. The molecule has 2 saturated carbocycles. The van der Waals surface area contributed by atoms with Gasteiger partial charge >= 0.3 is 0 Å². The number of carbonyl (C=O) groups excluding carboxylic acids is 1. The van der Waals surface area contributed by atoms with Crippen LogP contribution in [0.4, 0.5) is 4.39 Å². The van der Waals surface area contributed by atoms with Crippen LogP contribution in [0, 0.1) is 5.82 Å². The van der Waals surface area contributed by atoms with Gasteiger partial charge in [-0.15, -0.1) is 0 Å². The average Bonchev–Trinajstić information content (AvgIpc) is 3.11. The van der Waals surface area contributed by atoms with E-state index in [1.54, 1.807) is 12.1 Å². The molecule has 0 heterocycles. The van der Waals surface area contributed by atoms with Crippen LogP contribution >= 0.6 is 0 Å². The summed E-state index contributed by atoms with van der Waals surface area (Å²) < 4.78 is 13.3. The molecule has 108 valence electrons. The lowest BCUT2D eigenvalue weighted by Crippen LogP contribution is -2.53. The van der Waals surface area contributed by atoms with Gasteiger partial charge in [-0.2, -0.15) is 0 Å². The van der Waals surface area contributed by atoms with Crippen molar-refractivity contribution in [3.8, 4) is 0 Å². The summed E-state index contributed by atoms with van der Waals surface area (Å²) in [6.45, 7) is 0.564. The Morgan fingerprint density at radius 3 is 2.55 bits per heavy atom. The Kier molecular flexibility index (Phi) is 3.28. The number of nitrogens with one attached hydrogen (secondary N) is 1. The fourth-order valence-corrected chi connectivity index (χ4v) is 3.20. The van der Waals surface area contributed by atoms with E-state index in [0.29, 0.717) is 6.54 Å². The predicted molar refractivity (Wildman–Crippen MR) is 75.7 cm³/mol. The Balaban J connectivity index is 1.65. The van der Waals surface area contributed by atoms with Crippen LogP contribution in [0.3, 0.4) is 0 Å². The maximum absolute atomic E-state index is 13.3. The minimum Gasteiger partial charge on any atom is -0.354 e. The van der Waals surface area contributed by atoms with E-state index in [-0.39, 0.29) is 17.1 Å². The van der Waals surface area contributed by atoms with Gasteiger partial charge in [0.05, 0.1) is 5.54 Å². The second kappa shape index (κ2) is 4.85. The Morgan fingerprint density at radius 2 is 1.95 bits per heavy atom. The molecule has 2 aliphatic rings. The molecule has 0 saturated heterocycles. The van der Waals surface area contributed by atoms with Gasteiger partial charge in [0.25, 0.3) is 0 Å². The Hall–Kier alpha value is -1.42. The number of rotatable bonds is 4. The molecule has 4 heteroatoms. The summed E-state index contributed by atoms with van der Waals surface area (Å²) in [7, 11) is 0. The lowest BCUT2D eigenvalue weighted by molar-refractivity contribution is -0.126. The Morgan fingerprint density at radius 1 is 1.25 bits per heavy atom. The summed E-state index contributed by atoms with van der Waals surface area (Å²) in [5, 5.41) is 3.00. The Labute approximate surface area is 118 Å². The molecule has 3 rings (SSSR count). The first-order valence-corrected chi connectivity index (χ1v) is 7.37. The number of nitrogens with two attached hydrogens (primary N) is 1. The summed E-state index contributed by atoms with van der Waals surface area (Å²) in [5.41, 5.74) is 6.37. The highest BCUT2D eigenvalue weighted by Gasteiger charge is 2.46. The maximum atomic E-state index is 13.3. The lowest BCUT2D eigenvalue weighted by Gasteiger charge is -2.24. The van der Waals surface area contributed by atoms with Crippen LogP contribution in [0.5, 0.6) is 0 Å². The molecule has 0 atom stereocenters. The summed E-state index contributed by atoms with van der Waals surface area (Å²) >= 11 is 0. The predicted octanol–water partition coefficient (Wildman–Crippen LogP) is 2.25.